The summed E-state index contributed by atoms with van der Waals surface area (Å²) in [7, 11) is -3.73. The van der Waals surface area contributed by atoms with E-state index in [4.69, 9.17) is 4.74 Å². The number of hydrogen-bond donors (Lipinski definition) is 2. The van der Waals surface area contributed by atoms with Crippen LogP contribution in [0.15, 0.2) is 70.8 Å². The van der Waals surface area contributed by atoms with E-state index in [0.29, 0.717) is 43.4 Å². The summed E-state index contributed by atoms with van der Waals surface area (Å²) < 4.78 is 34.1. The number of ether oxygens (including phenoxy) is 1. The lowest BCUT2D eigenvalue weighted by Crippen LogP contribution is -2.42. The number of hydrogen-bond acceptors (Lipinski definition) is 5. The van der Waals surface area contributed by atoms with Crippen molar-refractivity contribution in [2.45, 2.75) is 74.7 Å². The third-order valence-corrected chi connectivity index (χ3v) is 8.05. The molecular weight excluding hydrogens is 438 g/mol. The SMILES string of the molecule is CCCC1(CCC)CC(O)=C(C2(c3cccc(NS(=O)(=O)c4ccccc4)c3)CC2)C(=O)O1. The second kappa shape index (κ2) is 8.86. The van der Waals surface area contributed by atoms with E-state index in [-0.39, 0.29) is 10.7 Å². The summed E-state index contributed by atoms with van der Waals surface area (Å²) in [6.07, 6.45) is 4.89. The Labute approximate surface area is 195 Å². The molecule has 1 aliphatic heterocycles. The minimum atomic E-state index is -3.73. The number of carbonyl (C=O) groups is 1. The lowest BCUT2D eigenvalue weighted by Gasteiger charge is -2.38. The van der Waals surface area contributed by atoms with E-state index in [9.17, 15) is 18.3 Å². The molecule has 0 radical (unpaired) electrons. The Morgan fingerprint density at radius 2 is 1.67 bits per heavy atom. The predicted molar refractivity (Wildman–Crippen MR) is 128 cm³/mol. The van der Waals surface area contributed by atoms with Gasteiger partial charge in [0.15, 0.2) is 0 Å². The maximum atomic E-state index is 13.2. The van der Waals surface area contributed by atoms with Crippen LogP contribution in [0.2, 0.25) is 0 Å². The normalized spacial score (nSPS) is 19.2. The first-order valence-corrected chi connectivity index (χ1v) is 13.1. The van der Waals surface area contributed by atoms with Crippen LogP contribution in [0.5, 0.6) is 0 Å². The molecule has 33 heavy (non-hydrogen) atoms. The summed E-state index contributed by atoms with van der Waals surface area (Å²) >= 11 is 0. The van der Waals surface area contributed by atoms with Gasteiger partial charge >= 0.3 is 5.97 Å². The van der Waals surface area contributed by atoms with Gasteiger partial charge in [-0.05, 0) is 55.5 Å². The van der Waals surface area contributed by atoms with Crippen LogP contribution in [-0.4, -0.2) is 25.1 Å². The molecule has 0 amide bonds. The minimum absolute atomic E-state index is 0.112. The topological polar surface area (TPSA) is 92.7 Å². The highest BCUT2D eigenvalue weighted by molar-refractivity contribution is 7.92. The number of sulfonamides is 1. The van der Waals surface area contributed by atoms with E-state index in [0.717, 1.165) is 18.4 Å². The van der Waals surface area contributed by atoms with Gasteiger partial charge in [-0.1, -0.05) is 57.0 Å². The fourth-order valence-electron chi connectivity index (χ4n) is 5.08. The van der Waals surface area contributed by atoms with Gasteiger partial charge in [-0.2, -0.15) is 0 Å². The highest BCUT2D eigenvalue weighted by Crippen LogP contribution is 2.57. The molecule has 1 aliphatic carbocycles. The first kappa shape index (κ1) is 23.4. The Morgan fingerprint density at radius 3 is 2.24 bits per heavy atom. The lowest BCUT2D eigenvalue weighted by atomic mass is 9.79. The van der Waals surface area contributed by atoms with Gasteiger partial charge in [0.25, 0.3) is 10.0 Å². The van der Waals surface area contributed by atoms with Crippen molar-refractivity contribution < 1.29 is 23.1 Å². The number of benzene rings is 2. The van der Waals surface area contributed by atoms with Crippen molar-refractivity contribution in [1.29, 1.82) is 0 Å². The largest absolute Gasteiger partial charge is 0.512 e. The molecule has 4 rings (SSSR count). The van der Waals surface area contributed by atoms with Gasteiger partial charge in [-0.15, -0.1) is 0 Å². The Bertz CT molecular complexity index is 1160. The van der Waals surface area contributed by atoms with E-state index in [1.807, 2.05) is 19.9 Å². The summed E-state index contributed by atoms with van der Waals surface area (Å²) in [6, 6.07) is 15.3. The number of nitrogens with one attached hydrogen (secondary N) is 1. The molecule has 0 saturated heterocycles. The van der Waals surface area contributed by atoms with Crippen molar-refractivity contribution in [3.8, 4) is 0 Å². The molecule has 0 spiro atoms. The summed E-state index contributed by atoms with van der Waals surface area (Å²) in [5, 5.41) is 11.0. The van der Waals surface area contributed by atoms with E-state index in [2.05, 4.69) is 4.72 Å². The van der Waals surface area contributed by atoms with Gasteiger partial charge < -0.3 is 9.84 Å². The average molecular weight is 470 g/mol. The minimum Gasteiger partial charge on any atom is -0.512 e. The molecule has 7 heteroatoms. The number of aliphatic hydroxyl groups excluding tert-OH is 1. The first-order valence-electron chi connectivity index (χ1n) is 11.6. The fourth-order valence-corrected chi connectivity index (χ4v) is 6.15. The van der Waals surface area contributed by atoms with Gasteiger partial charge in [0.05, 0.1) is 10.5 Å². The zero-order valence-corrected chi connectivity index (χ0v) is 20.0. The molecule has 1 fully saturated rings. The number of esters is 1. The zero-order valence-electron chi connectivity index (χ0n) is 19.1. The molecule has 0 aromatic heterocycles. The zero-order chi connectivity index (χ0) is 23.7. The maximum absolute atomic E-state index is 13.2. The third kappa shape index (κ3) is 4.51. The quantitative estimate of drug-likeness (QED) is 0.465. The summed E-state index contributed by atoms with van der Waals surface area (Å²) in [6.45, 7) is 4.10. The number of carbonyl (C=O) groups excluding carboxylic acids is 1. The van der Waals surface area contributed by atoms with Crippen molar-refractivity contribution in [2.24, 2.45) is 0 Å². The van der Waals surface area contributed by atoms with Crippen molar-refractivity contribution in [3.05, 3.63) is 71.5 Å². The van der Waals surface area contributed by atoms with Crippen LogP contribution in [-0.2, 0) is 25.0 Å². The number of aliphatic hydroxyl groups is 1. The summed E-state index contributed by atoms with van der Waals surface area (Å²) in [5.74, 6) is -0.339. The Hall–Kier alpha value is -2.80. The molecular formula is C26H31NO5S. The molecule has 176 valence electrons. The van der Waals surface area contributed by atoms with Crippen molar-refractivity contribution in [2.75, 3.05) is 4.72 Å². The van der Waals surface area contributed by atoms with Crippen LogP contribution < -0.4 is 4.72 Å². The molecule has 2 aromatic rings. The highest BCUT2D eigenvalue weighted by Gasteiger charge is 2.55. The summed E-state index contributed by atoms with van der Waals surface area (Å²) in [5.41, 5.74) is 0.261. The van der Waals surface area contributed by atoms with Crippen LogP contribution in [0.25, 0.3) is 0 Å². The second-order valence-electron chi connectivity index (χ2n) is 9.15. The molecule has 0 unspecified atom stereocenters. The van der Waals surface area contributed by atoms with Crippen LogP contribution in [0, 0.1) is 0 Å². The number of anilines is 1. The van der Waals surface area contributed by atoms with Crippen LogP contribution in [0.4, 0.5) is 5.69 Å². The van der Waals surface area contributed by atoms with E-state index in [1.165, 1.54) is 12.1 Å². The Balaban J connectivity index is 1.64. The second-order valence-corrected chi connectivity index (χ2v) is 10.8. The summed E-state index contributed by atoms with van der Waals surface area (Å²) in [4.78, 5) is 13.4. The first-order chi connectivity index (χ1) is 15.8. The molecule has 1 saturated carbocycles. The Morgan fingerprint density at radius 1 is 1.00 bits per heavy atom. The standard InChI is InChI=1S/C26H31NO5S/c1-3-13-25(14-4-2)18-22(28)23(24(29)32-25)26(15-16-26)19-9-8-10-20(17-19)27-33(30,31)21-11-6-5-7-12-21/h5-12,17,27-28H,3-4,13-16,18H2,1-2H3. The van der Waals surface area contributed by atoms with Crippen molar-refractivity contribution in [3.63, 3.8) is 0 Å². The van der Waals surface area contributed by atoms with E-state index in [1.54, 1.807) is 36.4 Å². The molecule has 1 heterocycles. The average Bonchev–Trinajstić information content (AvgIpc) is 3.56. The third-order valence-electron chi connectivity index (χ3n) is 6.65. The number of cyclic esters (lactones) is 1. The number of rotatable bonds is 9. The van der Waals surface area contributed by atoms with Gasteiger partial charge in [-0.25, -0.2) is 13.2 Å². The lowest BCUT2D eigenvalue weighted by molar-refractivity contribution is -0.161. The molecule has 2 aliphatic rings. The van der Waals surface area contributed by atoms with E-state index < -0.39 is 27.0 Å². The Kier molecular flexibility index (Phi) is 6.27. The van der Waals surface area contributed by atoms with Gasteiger partial charge in [0, 0.05) is 17.5 Å². The van der Waals surface area contributed by atoms with Crippen molar-refractivity contribution >= 4 is 21.7 Å². The molecule has 0 bridgehead atoms. The highest BCUT2D eigenvalue weighted by atomic mass is 32.2. The molecule has 2 aromatic carbocycles. The van der Waals surface area contributed by atoms with Crippen LogP contribution in [0.1, 0.15) is 64.4 Å². The van der Waals surface area contributed by atoms with Crippen LogP contribution >= 0.6 is 0 Å². The van der Waals surface area contributed by atoms with Crippen LogP contribution in [0.3, 0.4) is 0 Å². The predicted octanol–water partition coefficient (Wildman–Crippen LogP) is 5.62. The molecule has 2 N–H and O–H groups in total. The van der Waals surface area contributed by atoms with Gasteiger partial charge in [-0.3, -0.25) is 4.72 Å². The molecule has 6 nitrogen and oxygen atoms in total. The smallest absolute Gasteiger partial charge is 0.338 e. The maximum Gasteiger partial charge on any atom is 0.338 e. The fraction of sp³-hybridized carbons (Fsp3) is 0.423. The van der Waals surface area contributed by atoms with E-state index >= 15 is 0 Å². The molecule has 0 atom stereocenters. The van der Waals surface area contributed by atoms with Gasteiger partial charge in [0.1, 0.15) is 11.4 Å². The van der Waals surface area contributed by atoms with Crippen molar-refractivity contribution in [1.82, 2.24) is 0 Å². The monoisotopic (exact) mass is 469 g/mol. The van der Waals surface area contributed by atoms with Gasteiger partial charge in [0.2, 0.25) is 0 Å².